The Morgan fingerprint density at radius 1 is 1.30 bits per heavy atom. The molecule has 2 aromatic rings. The predicted octanol–water partition coefficient (Wildman–Crippen LogP) is 1.76. The van der Waals surface area contributed by atoms with E-state index >= 15 is 0 Å². The molecule has 0 saturated heterocycles. The van der Waals surface area contributed by atoms with Crippen molar-refractivity contribution >= 4 is 28.8 Å². The van der Waals surface area contributed by atoms with Crippen LogP contribution in [0.5, 0.6) is 5.88 Å². The molecule has 1 aliphatic rings. The molecule has 1 aliphatic heterocycles. The van der Waals surface area contributed by atoms with Gasteiger partial charge in [-0.2, -0.15) is 4.98 Å². The fourth-order valence-electron chi connectivity index (χ4n) is 2.19. The maximum Gasteiger partial charge on any atom is 0.244 e. The van der Waals surface area contributed by atoms with E-state index in [1.54, 1.807) is 24.1 Å². The van der Waals surface area contributed by atoms with Crippen molar-refractivity contribution in [1.29, 1.82) is 0 Å². The smallest absolute Gasteiger partial charge is 0.244 e. The molecule has 0 saturated carbocycles. The first kappa shape index (κ1) is 12.3. The first-order chi connectivity index (χ1) is 9.69. The molecule has 0 bridgehead atoms. The summed E-state index contributed by atoms with van der Waals surface area (Å²) < 4.78 is 5.12. The van der Waals surface area contributed by atoms with E-state index in [-0.39, 0.29) is 12.5 Å². The van der Waals surface area contributed by atoms with E-state index in [9.17, 15) is 4.79 Å². The molecule has 0 radical (unpaired) electrons. The standard InChI is InChI=1S/C14H14N4O2/c1-20-13-7-6-9(15)14(17-13)18-8-12(19)16-10-4-2-3-5-11(10)18/h2-7H,8,15H2,1H3,(H,16,19). The highest BCUT2D eigenvalue weighted by molar-refractivity contribution is 6.03. The molecular weight excluding hydrogens is 256 g/mol. The van der Waals surface area contributed by atoms with Gasteiger partial charge in [-0.3, -0.25) is 4.79 Å². The van der Waals surface area contributed by atoms with Crippen LogP contribution in [0.3, 0.4) is 0 Å². The van der Waals surface area contributed by atoms with Crippen molar-refractivity contribution in [1.82, 2.24) is 4.98 Å². The van der Waals surface area contributed by atoms with E-state index in [1.165, 1.54) is 0 Å². The number of carbonyl (C=O) groups excluding carboxylic acids is 1. The number of anilines is 4. The second kappa shape index (κ2) is 4.73. The highest BCUT2D eigenvalue weighted by atomic mass is 16.5. The molecule has 20 heavy (non-hydrogen) atoms. The molecule has 2 heterocycles. The molecule has 3 rings (SSSR count). The van der Waals surface area contributed by atoms with Crippen LogP contribution in [0.1, 0.15) is 0 Å². The Hall–Kier alpha value is -2.76. The van der Waals surface area contributed by atoms with Crippen LogP contribution in [-0.2, 0) is 4.79 Å². The summed E-state index contributed by atoms with van der Waals surface area (Å²) in [6.45, 7) is 0.168. The van der Waals surface area contributed by atoms with Crippen molar-refractivity contribution in [2.24, 2.45) is 0 Å². The fourth-order valence-corrected chi connectivity index (χ4v) is 2.19. The summed E-state index contributed by atoms with van der Waals surface area (Å²) in [5.74, 6) is 0.872. The monoisotopic (exact) mass is 270 g/mol. The van der Waals surface area contributed by atoms with Gasteiger partial charge in [0.1, 0.15) is 6.54 Å². The molecule has 6 nitrogen and oxygen atoms in total. The fraction of sp³-hybridized carbons (Fsp3) is 0.143. The zero-order valence-electron chi connectivity index (χ0n) is 11.0. The van der Waals surface area contributed by atoms with Crippen LogP contribution >= 0.6 is 0 Å². The molecule has 1 amide bonds. The summed E-state index contributed by atoms with van der Waals surface area (Å²) in [6, 6.07) is 10.9. The highest BCUT2D eigenvalue weighted by Gasteiger charge is 2.25. The quantitative estimate of drug-likeness (QED) is 0.869. The summed E-state index contributed by atoms with van der Waals surface area (Å²) in [5.41, 5.74) is 8.09. The van der Waals surface area contributed by atoms with Crippen LogP contribution in [0, 0.1) is 0 Å². The maximum atomic E-state index is 11.8. The predicted molar refractivity (Wildman–Crippen MR) is 77.3 cm³/mol. The number of nitrogens with two attached hydrogens (primary N) is 1. The van der Waals surface area contributed by atoms with Gasteiger partial charge in [0.25, 0.3) is 0 Å². The number of nitrogens with zero attached hydrogens (tertiary/aromatic N) is 2. The Balaban J connectivity index is 2.12. The summed E-state index contributed by atoms with van der Waals surface area (Å²) in [7, 11) is 1.54. The zero-order chi connectivity index (χ0) is 14.1. The lowest BCUT2D eigenvalue weighted by molar-refractivity contribution is -0.115. The summed E-state index contributed by atoms with van der Waals surface area (Å²) >= 11 is 0. The molecule has 0 fully saturated rings. The van der Waals surface area contributed by atoms with E-state index in [1.807, 2.05) is 24.3 Å². The van der Waals surface area contributed by atoms with Crippen LogP contribution < -0.4 is 20.7 Å². The zero-order valence-corrected chi connectivity index (χ0v) is 11.0. The van der Waals surface area contributed by atoms with Gasteiger partial charge in [-0.1, -0.05) is 12.1 Å². The number of hydrogen-bond donors (Lipinski definition) is 2. The van der Waals surface area contributed by atoms with E-state index in [0.717, 1.165) is 11.4 Å². The number of aromatic nitrogens is 1. The van der Waals surface area contributed by atoms with Crippen LogP contribution in [0.25, 0.3) is 0 Å². The summed E-state index contributed by atoms with van der Waals surface area (Å²) in [6.07, 6.45) is 0. The van der Waals surface area contributed by atoms with Gasteiger partial charge in [-0.15, -0.1) is 0 Å². The minimum absolute atomic E-state index is 0.104. The Morgan fingerprint density at radius 2 is 2.10 bits per heavy atom. The molecule has 102 valence electrons. The number of ether oxygens (including phenoxy) is 1. The van der Waals surface area contributed by atoms with Gasteiger partial charge in [-0.05, 0) is 18.2 Å². The topological polar surface area (TPSA) is 80.5 Å². The number of amides is 1. The Bertz CT molecular complexity index is 672. The summed E-state index contributed by atoms with van der Waals surface area (Å²) in [5, 5.41) is 2.83. The largest absolute Gasteiger partial charge is 0.481 e. The minimum Gasteiger partial charge on any atom is -0.481 e. The van der Waals surface area contributed by atoms with E-state index < -0.39 is 0 Å². The number of carbonyl (C=O) groups is 1. The second-order valence-corrected chi connectivity index (χ2v) is 4.42. The van der Waals surface area contributed by atoms with E-state index in [4.69, 9.17) is 10.5 Å². The van der Waals surface area contributed by atoms with Crippen molar-refractivity contribution in [3.8, 4) is 5.88 Å². The van der Waals surface area contributed by atoms with Crippen molar-refractivity contribution in [2.75, 3.05) is 29.6 Å². The van der Waals surface area contributed by atoms with Crippen molar-refractivity contribution in [2.45, 2.75) is 0 Å². The first-order valence-corrected chi connectivity index (χ1v) is 6.16. The van der Waals surface area contributed by atoms with Gasteiger partial charge in [-0.25, -0.2) is 0 Å². The molecule has 0 unspecified atom stereocenters. The average molecular weight is 270 g/mol. The molecular formula is C14H14N4O2. The van der Waals surface area contributed by atoms with Gasteiger partial charge in [0.05, 0.1) is 24.2 Å². The lowest BCUT2D eigenvalue weighted by Crippen LogP contribution is -2.35. The lowest BCUT2D eigenvalue weighted by Gasteiger charge is -2.30. The van der Waals surface area contributed by atoms with E-state index in [0.29, 0.717) is 17.4 Å². The normalized spacial score (nSPS) is 13.7. The number of nitrogens with one attached hydrogen (secondary N) is 1. The molecule has 1 aromatic heterocycles. The number of fused-ring (bicyclic) bond motifs is 1. The molecule has 0 aliphatic carbocycles. The van der Waals surface area contributed by atoms with Crippen LogP contribution in [0.2, 0.25) is 0 Å². The van der Waals surface area contributed by atoms with Gasteiger partial charge >= 0.3 is 0 Å². The minimum atomic E-state index is -0.104. The van der Waals surface area contributed by atoms with Crippen molar-refractivity contribution in [3.63, 3.8) is 0 Å². The number of rotatable bonds is 2. The van der Waals surface area contributed by atoms with Crippen LogP contribution in [0.15, 0.2) is 36.4 Å². The van der Waals surface area contributed by atoms with Crippen LogP contribution in [0.4, 0.5) is 22.9 Å². The average Bonchev–Trinajstić information content (AvgIpc) is 2.47. The number of pyridine rings is 1. The molecule has 3 N–H and O–H groups in total. The molecule has 0 spiro atoms. The van der Waals surface area contributed by atoms with Crippen molar-refractivity contribution in [3.05, 3.63) is 36.4 Å². The molecule has 1 aromatic carbocycles. The number of nitrogen functional groups attached to an aromatic ring is 1. The van der Waals surface area contributed by atoms with Gasteiger partial charge in [0.2, 0.25) is 11.8 Å². The summed E-state index contributed by atoms with van der Waals surface area (Å²) in [4.78, 5) is 18.0. The Kier molecular flexibility index (Phi) is 2.90. The third kappa shape index (κ3) is 2.01. The third-order valence-electron chi connectivity index (χ3n) is 3.12. The second-order valence-electron chi connectivity index (χ2n) is 4.42. The number of hydrogen-bond acceptors (Lipinski definition) is 5. The lowest BCUT2D eigenvalue weighted by atomic mass is 10.2. The third-order valence-corrected chi connectivity index (χ3v) is 3.12. The maximum absolute atomic E-state index is 11.8. The van der Waals surface area contributed by atoms with Gasteiger partial charge in [0.15, 0.2) is 5.82 Å². The number of para-hydroxylation sites is 2. The molecule has 6 heteroatoms. The van der Waals surface area contributed by atoms with Gasteiger partial charge < -0.3 is 20.7 Å². The number of methoxy groups -OCH3 is 1. The first-order valence-electron chi connectivity index (χ1n) is 6.16. The SMILES string of the molecule is COc1ccc(N)c(N2CC(=O)Nc3ccccc32)n1. The van der Waals surface area contributed by atoms with E-state index in [2.05, 4.69) is 10.3 Å². The number of benzene rings is 1. The van der Waals surface area contributed by atoms with Crippen LogP contribution in [-0.4, -0.2) is 24.5 Å². The Morgan fingerprint density at radius 3 is 2.90 bits per heavy atom. The molecule has 0 atom stereocenters. The Labute approximate surface area is 116 Å². The highest BCUT2D eigenvalue weighted by Crippen LogP contribution is 2.36. The van der Waals surface area contributed by atoms with Gasteiger partial charge in [0, 0.05) is 6.07 Å². The van der Waals surface area contributed by atoms with Crippen molar-refractivity contribution < 1.29 is 9.53 Å².